The van der Waals surface area contributed by atoms with Crippen LogP contribution in [0, 0.1) is 0 Å². The lowest BCUT2D eigenvalue weighted by Gasteiger charge is -2.12. The Morgan fingerprint density at radius 3 is 2.66 bits per heavy atom. The normalized spacial score (nSPS) is 13.1. The summed E-state index contributed by atoms with van der Waals surface area (Å²) in [5.41, 5.74) is 6.03. The highest BCUT2D eigenvalue weighted by molar-refractivity contribution is 6.01. The fourth-order valence-electron chi connectivity index (χ4n) is 3.63. The molecule has 142 valence electrons. The van der Waals surface area contributed by atoms with E-state index in [0.717, 1.165) is 45.0 Å². The molecule has 0 saturated carbocycles. The first-order valence-corrected chi connectivity index (χ1v) is 9.44. The minimum atomic E-state index is 0.484. The van der Waals surface area contributed by atoms with Gasteiger partial charge in [0.15, 0.2) is 0 Å². The largest absolute Gasteiger partial charge is 0.497 e. The Labute approximate surface area is 168 Å². The number of hydrogen-bond acceptors (Lipinski definition) is 5. The van der Waals surface area contributed by atoms with E-state index in [4.69, 9.17) is 9.72 Å². The Morgan fingerprint density at radius 2 is 1.86 bits per heavy atom. The van der Waals surface area contributed by atoms with Gasteiger partial charge in [0.25, 0.3) is 0 Å². The molecule has 0 fully saturated rings. The van der Waals surface area contributed by atoms with Gasteiger partial charge in [0.05, 0.1) is 25.0 Å². The van der Waals surface area contributed by atoms with Crippen molar-refractivity contribution >= 4 is 16.6 Å². The number of fused-ring (bicyclic) bond motifs is 1. The average molecular weight is 381 g/mol. The molecule has 0 bridgehead atoms. The monoisotopic (exact) mass is 381 g/mol. The Hall–Kier alpha value is -3.80. The number of pyridine rings is 1. The molecule has 0 saturated heterocycles. The summed E-state index contributed by atoms with van der Waals surface area (Å²) in [5, 5.41) is 12.8. The van der Waals surface area contributed by atoms with E-state index in [0.29, 0.717) is 13.1 Å². The van der Waals surface area contributed by atoms with Crippen molar-refractivity contribution in [2.75, 3.05) is 13.7 Å². The van der Waals surface area contributed by atoms with Crippen LogP contribution in [0.4, 0.5) is 0 Å². The molecule has 5 rings (SSSR count). The third-order valence-electron chi connectivity index (χ3n) is 5.05. The standard InChI is InChI=1S/C23H19N5O/c1-29-19-10-11-22-17(12-19)13-23(16-6-3-2-4-7-16)28(22)15-18-8-5-9-20(25-18)21-14-24-27-26-21/h2-13H,14-15H2,1H3. The molecule has 1 aliphatic rings. The van der Waals surface area contributed by atoms with E-state index in [1.807, 2.05) is 30.3 Å². The van der Waals surface area contributed by atoms with E-state index >= 15 is 0 Å². The third kappa shape index (κ3) is 3.29. The van der Waals surface area contributed by atoms with Crippen LogP contribution in [0.5, 0.6) is 5.75 Å². The molecular formula is C23H19N5O. The van der Waals surface area contributed by atoms with Crippen LogP contribution in [0.1, 0.15) is 11.4 Å². The average Bonchev–Trinajstić information content (AvgIpc) is 3.43. The molecule has 0 N–H and O–H groups in total. The Morgan fingerprint density at radius 1 is 0.966 bits per heavy atom. The SMILES string of the molecule is COc1ccc2c(c1)cc(-c1ccccc1)n2Cc1cccc(C2=NN=NC2)n1. The van der Waals surface area contributed by atoms with Crippen LogP contribution in [-0.2, 0) is 6.54 Å². The van der Waals surface area contributed by atoms with Gasteiger partial charge < -0.3 is 9.30 Å². The second-order valence-corrected chi connectivity index (χ2v) is 6.86. The van der Waals surface area contributed by atoms with Crippen LogP contribution >= 0.6 is 0 Å². The van der Waals surface area contributed by atoms with Crippen molar-refractivity contribution in [1.82, 2.24) is 9.55 Å². The molecule has 2 aromatic carbocycles. The van der Waals surface area contributed by atoms with Gasteiger partial charge in [-0.15, -0.1) is 5.10 Å². The van der Waals surface area contributed by atoms with Gasteiger partial charge >= 0.3 is 0 Å². The topological polar surface area (TPSA) is 64.1 Å². The summed E-state index contributed by atoms with van der Waals surface area (Å²) in [6.45, 7) is 1.13. The van der Waals surface area contributed by atoms with Gasteiger partial charge in [-0.2, -0.15) is 5.11 Å². The molecule has 6 nitrogen and oxygen atoms in total. The molecule has 1 aliphatic heterocycles. The zero-order chi connectivity index (χ0) is 19.6. The first-order valence-electron chi connectivity index (χ1n) is 9.44. The minimum Gasteiger partial charge on any atom is -0.497 e. The smallest absolute Gasteiger partial charge is 0.119 e. The Balaban J connectivity index is 1.61. The molecule has 0 aliphatic carbocycles. The van der Waals surface area contributed by atoms with Gasteiger partial charge in [0, 0.05) is 16.6 Å². The molecule has 0 atom stereocenters. The van der Waals surface area contributed by atoms with Crippen molar-refractivity contribution in [1.29, 1.82) is 0 Å². The van der Waals surface area contributed by atoms with E-state index < -0.39 is 0 Å². The van der Waals surface area contributed by atoms with Gasteiger partial charge in [-0.05, 0) is 47.2 Å². The molecule has 4 aromatic rings. The molecule has 29 heavy (non-hydrogen) atoms. The predicted molar refractivity (Wildman–Crippen MR) is 114 cm³/mol. The zero-order valence-corrected chi connectivity index (χ0v) is 16.0. The van der Waals surface area contributed by atoms with E-state index in [9.17, 15) is 0 Å². The van der Waals surface area contributed by atoms with Crippen LogP contribution in [0.15, 0.2) is 88.2 Å². The number of benzene rings is 2. The first kappa shape index (κ1) is 17.3. The molecule has 3 heterocycles. The van der Waals surface area contributed by atoms with Crippen LogP contribution < -0.4 is 4.74 Å². The van der Waals surface area contributed by atoms with E-state index in [-0.39, 0.29) is 0 Å². The first-order chi connectivity index (χ1) is 14.3. The summed E-state index contributed by atoms with van der Waals surface area (Å²) in [6, 6.07) is 24.8. The molecular weight excluding hydrogens is 362 g/mol. The number of rotatable bonds is 5. The highest BCUT2D eigenvalue weighted by Crippen LogP contribution is 2.31. The highest BCUT2D eigenvalue weighted by atomic mass is 16.5. The summed E-state index contributed by atoms with van der Waals surface area (Å²) in [7, 11) is 1.69. The van der Waals surface area contributed by atoms with Crippen LogP contribution in [0.2, 0.25) is 0 Å². The lowest BCUT2D eigenvalue weighted by molar-refractivity contribution is 0.415. The van der Waals surface area contributed by atoms with Crippen LogP contribution in [-0.4, -0.2) is 28.9 Å². The zero-order valence-electron chi connectivity index (χ0n) is 16.0. The van der Waals surface area contributed by atoms with E-state index in [1.54, 1.807) is 7.11 Å². The van der Waals surface area contributed by atoms with Crippen LogP contribution in [0.3, 0.4) is 0 Å². The summed E-state index contributed by atoms with van der Waals surface area (Å²) in [6.07, 6.45) is 0. The van der Waals surface area contributed by atoms with Gasteiger partial charge in [-0.25, -0.2) is 4.98 Å². The van der Waals surface area contributed by atoms with Gasteiger partial charge in [-0.1, -0.05) is 36.4 Å². The molecule has 6 heteroatoms. The fraction of sp³-hybridized carbons (Fsp3) is 0.130. The predicted octanol–water partition coefficient (Wildman–Crippen LogP) is 4.93. The van der Waals surface area contributed by atoms with Gasteiger partial charge in [0.1, 0.15) is 18.0 Å². The number of nitrogens with zero attached hydrogens (tertiary/aromatic N) is 5. The Kier molecular flexibility index (Phi) is 4.37. The Bertz CT molecular complexity index is 1240. The number of ether oxygens (including phenoxy) is 1. The highest BCUT2D eigenvalue weighted by Gasteiger charge is 2.14. The maximum absolute atomic E-state index is 5.42. The lowest BCUT2D eigenvalue weighted by atomic mass is 10.1. The molecule has 0 radical (unpaired) electrons. The summed E-state index contributed by atoms with van der Waals surface area (Å²) in [4.78, 5) is 4.81. The number of hydrogen-bond donors (Lipinski definition) is 0. The van der Waals surface area contributed by atoms with Crippen molar-refractivity contribution in [2.24, 2.45) is 15.4 Å². The van der Waals surface area contributed by atoms with Crippen LogP contribution in [0.25, 0.3) is 22.2 Å². The van der Waals surface area contributed by atoms with Crippen molar-refractivity contribution < 1.29 is 4.74 Å². The molecule has 0 amide bonds. The summed E-state index contributed by atoms with van der Waals surface area (Å²) in [5.74, 6) is 0.848. The van der Waals surface area contributed by atoms with Gasteiger partial charge in [0.2, 0.25) is 0 Å². The fourth-order valence-corrected chi connectivity index (χ4v) is 3.63. The van der Waals surface area contributed by atoms with Crippen molar-refractivity contribution in [3.8, 4) is 17.0 Å². The van der Waals surface area contributed by atoms with Crippen molar-refractivity contribution in [3.63, 3.8) is 0 Å². The minimum absolute atomic E-state index is 0.484. The second-order valence-electron chi connectivity index (χ2n) is 6.86. The third-order valence-corrected chi connectivity index (χ3v) is 5.05. The molecule has 0 spiro atoms. The maximum Gasteiger partial charge on any atom is 0.119 e. The summed E-state index contributed by atoms with van der Waals surface area (Å²) < 4.78 is 7.71. The number of methoxy groups -OCH3 is 1. The summed E-state index contributed by atoms with van der Waals surface area (Å²) >= 11 is 0. The quantitative estimate of drug-likeness (QED) is 0.492. The van der Waals surface area contributed by atoms with Crippen molar-refractivity contribution in [3.05, 3.63) is 84.2 Å². The van der Waals surface area contributed by atoms with Gasteiger partial charge in [-0.3, -0.25) is 0 Å². The lowest BCUT2D eigenvalue weighted by Crippen LogP contribution is -2.09. The molecule has 0 unspecified atom stereocenters. The molecule has 2 aromatic heterocycles. The second kappa shape index (κ2) is 7.31. The maximum atomic E-state index is 5.42. The van der Waals surface area contributed by atoms with E-state index in [2.05, 4.69) is 62.5 Å². The number of aromatic nitrogens is 2. The van der Waals surface area contributed by atoms with Crippen molar-refractivity contribution in [2.45, 2.75) is 6.54 Å². The van der Waals surface area contributed by atoms with E-state index in [1.165, 1.54) is 0 Å².